The molecule has 2 rings (SSSR count). The standard InChI is InChI=1S/C22H31N3O6/c1-6-30-20(27)18-13-16(25(24-18)14-15-10-8-7-9-11-15)12-17(19(26)29-5)23-21(28)31-22(2,3)4/h7-11,16-17H,6,12-14H2,1-5H3,(H,23,28)/t16-,17-/m1/s1. The predicted octanol–water partition coefficient (Wildman–Crippen LogP) is 2.64. The van der Waals surface area contributed by atoms with E-state index in [9.17, 15) is 14.4 Å². The van der Waals surface area contributed by atoms with Gasteiger partial charge in [-0.1, -0.05) is 30.3 Å². The molecule has 1 aromatic carbocycles. The minimum atomic E-state index is -0.958. The second-order valence-corrected chi connectivity index (χ2v) is 8.17. The third-order valence-corrected chi connectivity index (χ3v) is 4.48. The Morgan fingerprint density at radius 3 is 2.48 bits per heavy atom. The molecule has 0 unspecified atom stereocenters. The van der Waals surface area contributed by atoms with Gasteiger partial charge in [0, 0.05) is 12.8 Å². The predicted molar refractivity (Wildman–Crippen MR) is 114 cm³/mol. The van der Waals surface area contributed by atoms with Crippen molar-refractivity contribution in [2.75, 3.05) is 13.7 Å². The van der Waals surface area contributed by atoms with Gasteiger partial charge in [0.15, 0.2) is 0 Å². The molecule has 0 saturated heterocycles. The van der Waals surface area contributed by atoms with Crippen molar-refractivity contribution in [2.24, 2.45) is 5.10 Å². The number of nitrogens with one attached hydrogen (secondary N) is 1. The van der Waals surface area contributed by atoms with Crippen molar-refractivity contribution >= 4 is 23.7 Å². The van der Waals surface area contributed by atoms with Gasteiger partial charge in [-0.15, -0.1) is 0 Å². The summed E-state index contributed by atoms with van der Waals surface area (Å²) >= 11 is 0. The minimum Gasteiger partial charge on any atom is -0.467 e. The molecule has 0 aliphatic carbocycles. The van der Waals surface area contributed by atoms with E-state index in [2.05, 4.69) is 10.4 Å². The van der Waals surface area contributed by atoms with Crippen LogP contribution in [-0.2, 0) is 30.3 Å². The number of hydrazone groups is 1. The van der Waals surface area contributed by atoms with E-state index in [4.69, 9.17) is 14.2 Å². The van der Waals surface area contributed by atoms with E-state index in [0.29, 0.717) is 6.54 Å². The Bertz CT molecular complexity index is 803. The van der Waals surface area contributed by atoms with Crippen LogP contribution in [0.4, 0.5) is 4.79 Å². The number of methoxy groups -OCH3 is 1. The average molecular weight is 434 g/mol. The first-order valence-electron chi connectivity index (χ1n) is 10.3. The fourth-order valence-corrected chi connectivity index (χ4v) is 3.16. The zero-order valence-corrected chi connectivity index (χ0v) is 18.7. The Balaban J connectivity index is 2.18. The van der Waals surface area contributed by atoms with Crippen molar-refractivity contribution in [1.82, 2.24) is 10.3 Å². The molecule has 31 heavy (non-hydrogen) atoms. The van der Waals surface area contributed by atoms with Gasteiger partial charge in [-0.3, -0.25) is 5.01 Å². The number of carbonyl (C=O) groups is 3. The van der Waals surface area contributed by atoms with Crippen molar-refractivity contribution in [3.63, 3.8) is 0 Å². The summed E-state index contributed by atoms with van der Waals surface area (Å²) in [5, 5.41) is 8.76. The van der Waals surface area contributed by atoms with Crippen molar-refractivity contribution in [3.05, 3.63) is 35.9 Å². The summed E-state index contributed by atoms with van der Waals surface area (Å²) < 4.78 is 15.2. The van der Waals surface area contributed by atoms with Gasteiger partial charge in [0.05, 0.1) is 26.3 Å². The maximum absolute atomic E-state index is 12.3. The fraction of sp³-hybridized carbons (Fsp3) is 0.545. The second-order valence-electron chi connectivity index (χ2n) is 8.17. The van der Waals surface area contributed by atoms with Crippen molar-refractivity contribution in [1.29, 1.82) is 0 Å². The number of hydrogen-bond acceptors (Lipinski definition) is 8. The molecule has 1 aliphatic rings. The summed E-state index contributed by atoms with van der Waals surface area (Å²) in [5.74, 6) is -1.09. The zero-order valence-electron chi connectivity index (χ0n) is 18.7. The van der Waals surface area contributed by atoms with Crippen LogP contribution in [0.15, 0.2) is 35.4 Å². The van der Waals surface area contributed by atoms with Crippen LogP contribution in [0.3, 0.4) is 0 Å². The van der Waals surface area contributed by atoms with E-state index in [1.54, 1.807) is 32.7 Å². The summed E-state index contributed by atoms with van der Waals surface area (Å²) in [7, 11) is 1.25. The summed E-state index contributed by atoms with van der Waals surface area (Å²) in [6.07, 6.45) is -0.248. The maximum atomic E-state index is 12.3. The van der Waals surface area contributed by atoms with Crippen LogP contribution in [0.25, 0.3) is 0 Å². The number of hydrogen-bond donors (Lipinski definition) is 1. The Morgan fingerprint density at radius 2 is 1.90 bits per heavy atom. The number of esters is 2. The van der Waals surface area contributed by atoms with Gasteiger partial charge in [-0.2, -0.15) is 5.10 Å². The van der Waals surface area contributed by atoms with Gasteiger partial charge in [0.25, 0.3) is 0 Å². The highest BCUT2D eigenvalue weighted by Crippen LogP contribution is 2.24. The molecule has 0 spiro atoms. The molecule has 0 bridgehead atoms. The van der Waals surface area contributed by atoms with E-state index in [1.165, 1.54) is 7.11 Å². The molecule has 1 aliphatic heterocycles. The fourth-order valence-electron chi connectivity index (χ4n) is 3.16. The molecule has 1 heterocycles. The topological polar surface area (TPSA) is 107 Å². The van der Waals surface area contributed by atoms with Crippen LogP contribution in [0.2, 0.25) is 0 Å². The number of benzene rings is 1. The summed E-state index contributed by atoms with van der Waals surface area (Å²) in [6.45, 7) is 7.61. The van der Waals surface area contributed by atoms with Gasteiger partial charge < -0.3 is 19.5 Å². The molecule has 0 aromatic heterocycles. The Hall–Kier alpha value is -3.10. The Kier molecular flexibility index (Phi) is 8.41. The summed E-state index contributed by atoms with van der Waals surface area (Å²) in [6, 6.07) is 8.36. The Morgan fingerprint density at radius 1 is 1.23 bits per heavy atom. The second kappa shape index (κ2) is 10.8. The first-order chi connectivity index (χ1) is 14.6. The highest BCUT2D eigenvalue weighted by atomic mass is 16.6. The van der Waals surface area contributed by atoms with E-state index in [0.717, 1.165) is 5.56 Å². The van der Waals surface area contributed by atoms with Crippen LogP contribution in [-0.4, -0.2) is 60.2 Å². The molecule has 1 aromatic rings. The normalized spacial score (nSPS) is 16.9. The number of rotatable bonds is 8. The highest BCUT2D eigenvalue weighted by Gasteiger charge is 2.36. The zero-order chi connectivity index (χ0) is 23.0. The van der Waals surface area contributed by atoms with Crippen LogP contribution >= 0.6 is 0 Å². The molecule has 2 atom stereocenters. The first kappa shape index (κ1) is 24.2. The van der Waals surface area contributed by atoms with Gasteiger partial charge in [0.1, 0.15) is 17.4 Å². The molecular weight excluding hydrogens is 402 g/mol. The van der Waals surface area contributed by atoms with Crippen LogP contribution in [0.1, 0.15) is 46.1 Å². The van der Waals surface area contributed by atoms with Crippen molar-refractivity contribution < 1.29 is 28.6 Å². The highest BCUT2D eigenvalue weighted by molar-refractivity contribution is 6.36. The lowest BCUT2D eigenvalue weighted by molar-refractivity contribution is -0.143. The lowest BCUT2D eigenvalue weighted by Gasteiger charge is -2.28. The third-order valence-electron chi connectivity index (χ3n) is 4.48. The number of nitrogens with zero attached hydrogens (tertiary/aromatic N) is 2. The molecule has 1 amide bonds. The maximum Gasteiger partial charge on any atom is 0.408 e. The molecule has 1 N–H and O–H groups in total. The summed E-state index contributed by atoms with van der Waals surface area (Å²) in [5.41, 5.74) is 0.567. The Labute approximate surface area is 182 Å². The van der Waals surface area contributed by atoms with E-state index < -0.39 is 29.7 Å². The van der Waals surface area contributed by atoms with E-state index in [-0.39, 0.29) is 31.2 Å². The molecule has 9 nitrogen and oxygen atoms in total. The molecule has 0 radical (unpaired) electrons. The monoisotopic (exact) mass is 433 g/mol. The molecule has 9 heteroatoms. The lowest BCUT2D eigenvalue weighted by atomic mass is 10.0. The number of ether oxygens (including phenoxy) is 3. The van der Waals surface area contributed by atoms with Crippen molar-refractivity contribution in [2.45, 2.75) is 64.8 Å². The SMILES string of the molecule is CCOC(=O)C1=NN(Cc2ccccc2)[C@H](C[C@@H](NC(=O)OC(C)(C)C)C(=O)OC)C1. The van der Waals surface area contributed by atoms with Crippen LogP contribution in [0.5, 0.6) is 0 Å². The third kappa shape index (κ3) is 7.58. The summed E-state index contributed by atoms with van der Waals surface area (Å²) in [4.78, 5) is 36.8. The molecule has 170 valence electrons. The molecular formula is C22H31N3O6. The largest absolute Gasteiger partial charge is 0.467 e. The quantitative estimate of drug-likeness (QED) is 0.496. The number of alkyl carbamates (subject to hydrolysis) is 1. The lowest BCUT2D eigenvalue weighted by Crippen LogP contribution is -2.47. The van der Waals surface area contributed by atoms with Gasteiger partial charge >= 0.3 is 18.0 Å². The average Bonchev–Trinajstić information content (AvgIpc) is 3.09. The van der Waals surface area contributed by atoms with Crippen LogP contribution < -0.4 is 5.32 Å². The number of amides is 1. The van der Waals surface area contributed by atoms with Gasteiger partial charge in [-0.25, -0.2) is 14.4 Å². The first-order valence-corrected chi connectivity index (χ1v) is 10.3. The number of carbonyl (C=O) groups excluding carboxylic acids is 3. The smallest absolute Gasteiger partial charge is 0.408 e. The minimum absolute atomic E-state index is 0.186. The van der Waals surface area contributed by atoms with E-state index >= 15 is 0 Å². The van der Waals surface area contributed by atoms with Crippen molar-refractivity contribution in [3.8, 4) is 0 Å². The van der Waals surface area contributed by atoms with Crippen LogP contribution in [0, 0.1) is 0 Å². The molecule has 0 saturated carbocycles. The van der Waals surface area contributed by atoms with Gasteiger partial charge in [0.2, 0.25) is 0 Å². The van der Waals surface area contributed by atoms with E-state index in [1.807, 2.05) is 30.3 Å². The van der Waals surface area contributed by atoms with Gasteiger partial charge in [-0.05, 0) is 33.3 Å². The molecule has 0 fully saturated rings.